The topological polar surface area (TPSA) is 47.6 Å². The van der Waals surface area contributed by atoms with Crippen LogP contribution in [0.15, 0.2) is 42.5 Å². The fourth-order valence-corrected chi connectivity index (χ4v) is 2.46. The van der Waals surface area contributed by atoms with E-state index in [9.17, 15) is 9.18 Å². The van der Waals surface area contributed by atoms with E-state index >= 15 is 0 Å². The van der Waals surface area contributed by atoms with Crippen molar-refractivity contribution in [1.82, 2.24) is 5.32 Å². The van der Waals surface area contributed by atoms with Gasteiger partial charge in [-0.1, -0.05) is 24.3 Å². The highest BCUT2D eigenvalue weighted by molar-refractivity contribution is 6.00. The molecule has 0 atom stereocenters. The number of amides is 1. The molecule has 0 aliphatic carbocycles. The fourth-order valence-electron chi connectivity index (χ4n) is 2.46. The van der Waals surface area contributed by atoms with E-state index in [0.717, 1.165) is 0 Å². The van der Waals surface area contributed by atoms with Crippen molar-refractivity contribution in [2.75, 3.05) is 14.2 Å². The van der Waals surface area contributed by atoms with Gasteiger partial charge in [0.15, 0.2) is 0 Å². The third kappa shape index (κ3) is 3.44. The summed E-state index contributed by atoms with van der Waals surface area (Å²) in [5.41, 5.74) is -0.210. The van der Waals surface area contributed by atoms with Crippen LogP contribution in [0.4, 0.5) is 4.39 Å². The van der Waals surface area contributed by atoms with Gasteiger partial charge in [-0.2, -0.15) is 0 Å². The second-order valence-electron chi connectivity index (χ2n) is 5.60. The van der Waals surface area contributed by atoms with Crippen LogP contribution in [0.2, 0.25) is 0 Å². The molecular formula is C18H20FNO3. The fraction of sp³-hybridized carbons (Fsp3) is 0.278. The van der Waals surface area contributed by atoms with Gasteiger partial charge in [0.1, 0.15) is 22.9 Å². The first-order valence-corrected chi connectivity index (χ1v) is 7.19. The van der Waals surface area contributed by atoms with Crippen molar-refractivity contribution in [2.45, 2.75) is 19.4 Å². The summed E-state index contributed by atoms with van der Waals surface area (Å²) in [5, 5.41) is 2.84. The van der Waals surface area contributed by atoms with E-state index < -0.39 is 11.4 Å². The van der Waals surface area contributed by atoms with Crippen LogP contribution in [0.25, 0.3) is 0 Å². The zero-order valence-electron chi connectivity index (χ0n) is 13.6. The largest absolute Gasteiger partial charge is 0.496 e. The maximum atomic E-state index is 14.0. The zero-order chi connectivity index (χ0) is 17.0. The number of carbonyl (C=O) groups is 1. The second-order valence-corrected chi connectivity index (χ2v) is 5.60. The summed E-state index contributed by atoms with van der Waals surface area (Å²) < 4.78 is 24.5. The van der Waals surface area contributed by atoms with Gasteiger partial charge < -0.3 is 14.8 Å². The van der Waals surface area contributed by atoms with Crippen molar-refractivity contribution >= 4 is 5.91 Å². The molecule has 4 nitrogen and oxygen atoms in total. The Balaban J connectivity index is 2.38. The highest BCUT2D eigenvalue weighted by Crippen LogP contribution is 2.30. The predicted molar refractivity (Wildman–Crippen MR) is 86.4 cm³/mol. The minimum Gasteiger partial charge on any atom is -0.496 e. The lowest BCUT2D eigenvalue weighted by atomic mass is 9.93. The van der Waals surface area contributed by atoms with Gasteiger partial charge in [0, 0.05) is 5.56 Å². The Morgan fingerprint density at radius 1 is 1.00 bits per heavy atom. The first-order valence-electron chi connectivity index (χ1n) is 7.19. The van der Waals surface area contributed by atoms with Crippen LogP contribution in [-0.4, -0.2) is 20.1 Å². The van der Waals surface area contributed by atoms with Crippen molar-refractivity contribution in [3.63, 3.8) is 0 Å². The van der Waals surface area contributed by atoms with Crippen LogP contribution in [0, 0.1) is 5.82 Å². The minimum atomic E-state index is -0.895. The first-order chi connectivity index (χ1) is 10.9. The van der Waals surface area contributed by atoms with Crippen molar-refractivity contribution in [1.29, 1.82) is 0 Å². The Labute approximate surface area is 135 Å². The normalized spacial score (nSPS) is 11.0. The number of nitrogens with one attached hydrogen (secondary N) is 1. The van der Waals surface area contributed by atoms with E-state index in [0.29, 0.717) is 17.1 Å². The maximum Gasteiger partial charge on any atom is 0.259 e. The summed E-state index contributed by atoms with van der Waals surface area (Å²) in [4.78, 5) is 12.7. The Kier molecular flexibility index (Phi) is 4.89. The zero-order valence-corrected chi connectivity index (χ0v) is 13.6. The number of rotatable bonds is 5. The Bertz CT molecular complexity index is 691. The quantitative estimate of drug-likeness (QED) is 0.918. The second kappa shape index (κ2) is 6.69. The van der Waals surface area contributed by atoms with Crippen LogP contribution >= 0.6 is 0 Å². The van der Waals surface area contributed by atoms with Gasteiger partial charge >= 0.3 is 0 Å². The van der Waals surface area contributed by atoms with Crippen LogP contribution in [0.3, 0.4) is 0 Å². The molecule has 5 heteroatoms. The van der Waals surface area contributed by atoms with Crippen LogP contribution in [-0.2, 0) is 5.54 Å². The SMILES string of the molecule is COc1cccc(OC)c1C(=O)NC(C)(C)c1ccccc1F. The number of halogens is 1. The molecule has 0 saturated heterocycles. The summed E-state index contributed by atoms with van der Waals surface area (Å²) in [6.07, 6.45) is 0. The summed E-state index contributed by atoms with van der Waals surface area (Å²) in [7, 11) is 2.96. The molecule has 2 rings (SSSR count). The molecular weight excluding hydrogens is 297 g/mol. The molecule has 0 unspecified atom stereocenters. The third-order valence-electron chi connectivity index (χ3n) is 3.63. The van der Waals surface area contributed by atoms with E-state index in [-0.39, 0.29) is 11.4 Å². The highest BCUT2D eigenvalue weighted by Gasteiger charge is 2.29. The van der Waals surface area contributed by atoms with Gasteiger partial charge in [0.2, 0.25) is 0 Å². The average Bonchev–Trinajstić information content (AvgIpc) is 2.53. The van der Waals surface area contributed by atoms with Crippen molar-refractivity contribution in [2.24, 2.45) is 0 Å². The molecule has 23 heavy (non-hydrogen) atoms. The highest BCUT2D eigenvalue weighted by atomic mass is 19.1. The molecule has 0 heterocycles. The maximum absolute atomic E-state index is 14.0. The van der Waals surface area contributed by atoms with E-state index in [1.165, 1.54) is 20.3 Å². The van der Waals surface area contributed by atoms with Gasteiger partial charge in [-0.25, -0.2) is 4.39 Å². The third-order valence-corrected chi connectivity index (χ3v) is 3.63. The summed E-state index contributed by atoms with van der Waals surface area (Å²) in [5.74, 6) is 0.0229. The molecule has 122 valence electrons. The van der Waals surface area contributed by atoms with Crippen LogP contribution in [0.1, 0.15) is 29.8 Å². The van der Waals surface area contributed by atoms with Crippen LogP contribution < -0.4 is 14.8 Å². The molecule has 1 N–H and O–H groups in total. The monoisotopic (exact) mass is 317 g/mol. The number of benzene rings is 2. The van der Waals surface area contributed by atoms with Gasteiger partial charge in [-0.3, -0.25) is 4.79 Å². The van der Waals surface area contributed by atoms with E-state index in [1.54, 1.807) is 50.2 Å². The summed E-state index contributed by atoms with van der Waals surface area (Å²) in [6.45, 7) is 3.48. The first kappa shape index (κ1) is 16.8. The lowest BCUT2D eigenvalue weighted by Gasteiger charge is -2.28. The van der Waals surface area contributed by atoms with Gasteiger partial charge in [0.25, 0.3) is 5.91 Å². The van der Waals surface area contributed by atoms with Gasteiger partial charge in [0.05, 0.1) is 19.8 Å². The van der Waals surface area contributed by atoms with Crippen LogP contribution in [0.5, 0.6) is 11.5 Å². The molecule has 0 aromatic heterocycles. The predicted octanol–water partition coefficient (Wildman–Crippen LogP) is 3.51. The summed E-state index contributed by atoms with van der Waals surface area (Å²) >= 11 is 0. The number of methoxy groups -OCH3 is 2. The van der Waals surface area contributed by atoms with Gasteiger partial charge in [-0.15, -0.1) is 0 Å². The summed E-state index contributed by atoms with van der Waals surface area (Å²) in [6, 6.07) is 11.4. The lowest BCUT2D eigenvalue weighted by Crippen LogP contribution is -2.41. The number of hydrogen-bond acceptors (Lipinski definition) is 3. The molecule has 1 amide bonds. The standard InChI is InChI=1S/C18H20FNO3/c1-18(2,12-8-5-6-9-13(12)19)20-17(21)16-14(22-3)10-7-11-15(16)23-4/h5-11H,1-4H3,(H,20,21). The van der Waals surface area contributed by atoms with Gasteiger partial charge in [-0.05, 0) is 32.0 Å². The van der Waals surface area contributed by atoms with Crippen molar-refractivity contribution < 1.29 is 18.7 Å². The van der Waals surface area contributed by atoms with Crippen molar-refractivity contribution in [3.05, 3.63) is 59.4 Å². The Morgan fingerprint density at radius 3 is 2.09 bits per heavy atom. The molecule has 0 aliphatic rings. The number of ether oxygens (including phenoxy) is 2. The van der Waals surface area contributed by atoms with E-state index in [1.807, 2.05) is 0 Å². The molecule has 0 aliphatic heterocycles. The Hall–Kier alpha value is -2.56. The molecule has 0 spiro atoms. The smallest absolute Gasteiger partial charge is 0.259 e. The molecule has 0 saturated carbocycles. The number of hydrogen-bond donors (Lipinski definition) is 1. The molecule has 0 radical (unpaired) electrons. The van der Waals surface area contributed by atoms with Crippen molar-refractivity contribution in [3.8, 4) is 11.5 Å². The molecule has 2 aromatic rings. The van der Waals surface area contributed by atoms with E-state index in [2.05, 4.69) is 5.32 Å². The Morgan fingerprint density at radius 2 is 1.57 bits per heavy atom. The molecule has 0 fully saturated rings. The minimum absolute atomic E-state index is 0.280. The van der Waals surface area contributed by atoms with E-state index in [4.69, 9.17) is 9.47 Å². The molecule has 0 bridgehead atoms. The number of carbonyl (C=O) groups excluding carboxylic acids is 1. The molecule has 2 aromatic carbocycles. The average molecular weight is 317 g/mol. The lowest BCUT2D eigenvalue weighted by molar-refractivity contribution is 0.0904.